The molecule has 2 aromatic heterocycles. The number of benzene rings is 2. The van der Waals surface area contributed by atoms with Crippen molar-refractivity contribution >= 4 is 26.6 Å². The summed E-state index contributed by atoms with van der Waals surface area (Å²) < 4.78 is 29.5. The van der Waals surface area contributed by atoms with Gasteiger partial charge in [-0.25, -0.2) is 17.4 Å². The van der Waals surface area contributed by atoms with Crippen LogP contribution >= 0.6 is 0 Å². The first-order chi connectivity index (χ1) is 17.9. The normalized spacial score (nSPS) is 15.5. The predicted molar refractivity (Wildman–Crippen MR) is 149 cm³/mol. The molecule has 1 aliphatic carbocycles. The largest absolute Gasteiger partial charge is 0.385 e. The molecule has 4 aromatic rings. The van der Waals surface area contributed by atoms with Crippen molar-refractivity contribution in [1.82, 2.24) is 8.96 Å². The molecule has 1 aliphatic rings. The zero-order chi connectivity index (χ0) is 26.0. The lowest BCUT2D eigenvalue weighted by atomic mass is 9.87. The molecule has 1 N–H and O–H groups in total. The maximum absolute atomic E-state index is 14.0. The van der Waals surface area contributed by atoms with Crippen LogP contribution < -0.4 is 0 Å². The zero-order valence-corrected chi connectivity index (χ0v) is 22.3. The molecular weight excluding hydrogens is 480 g/mol. The average molecular weight is 515 g/mol. The number of pyridine rings is 1. The van der Waals surface area contributed by atoms with Crippen molar-refractivity contribution in [3.8, 4) is 0 Å². The minimum atomic E-state index is -3.91. The van der Waals surface area contributed by atoms with Crippen LogP contribution in [0.1, 0.15) is 69.2 Å². The quantitative estimate of drug-likeness (QED) is 0.277. The summed E-state index contributed by atoms with van der Waals surface area (Å²) >= 11 is 0. The Hall–Kier alpha value is -3.22. The summed E-state index contributed by atoms with van der Waals surface area (Å²) in [5.74, 6) is 0.386. The minimum absolute atomic E-state index is 0.228. The van der Waals surface area contributed by atoms with Crippen LogP contribution in [0.5, 0.6) is 0 Å². The highest BCUT2D eigenvalue weighted by Gasteiger charge is 2.28. The Balaban J connectivity index is 1.73. The van der Waals surface area contributed by atoms with E-state index in [2.05, 4.69) is 11.1 Å². The van der Waals surface area contributed by atoms with Crippen molar-refractivity contribution in [1.29, 1.82) is 0 Å². The number of aromatic nitrogens is 2. The van der Waals surface area contributed by atoms with Gasteiger partial charge in [0.2, 0.25) is 0 Å². The number of aliphatic hydroxyl groups is 1. The summed E-state index contributed by atoms with van der Waals surface area (Å²) in [6.45, 7) is 3.98. The van der Waals surface area contributed by atoms with Crippen molar-refractivity contribution in [3.63, 3.8) is 0 Å². The molecule has 0 bridgehead atoms. The molecule has 0 aliphatic heterocycles. The van der Waals surface area contributed by atoms with Crippen LogP contribution in [0.25, 0.3) is 16.6 Å². The van der Waals surface area contributed by atoms with Gasteiger partial charge in [-0.2, -0.15) is 0 Å². The molecule has 37 heavy (non-hydrogen) atoms. The van der Waals surface area contributed by atoms with Crippen molar-refractivity contribution in [2.45, 2.75) is 62.9 Å². The summed E-state index contributed by atoms with van der Waals surface area (Å²) in [5.41, 5.74) is 2.84. The van der Waals surface area contributed by atoms with Gasteiger partial charge < -0.3 is 5.11 Å². The predicted octanol–water partition coefficient (Wildman–Crippen LogP) is 6.90. The minimum Gasteiger partial charge on any atom is -0.385 e. The molecule has 5 rings (SSSR count). The summed E-state index contributed by atoms with van der Waals surface area (Å²) in [5, 5.41) is 11.8. The van der Waals surface area contributed by atoms with E-state index in [4.69, 9.17) is 0 Å². The van der Waals surface area contributed by atoms with E-state index < -0.39 is 15.6 Å². The Bertz CT molecular complexity index is 1510. The first-order valence-electron chi connectivity index (χ1n) is 13.2. The van der Waals surface area contributed by atoms with E-state index >= 15 is 0 Å². The van der Waals surface area contributed by atoms with Crippen LogP contribution in [-0.2, 0) is 15.6 Å². The maximum Gasteiger partial charge on any atom is 0.269 e. The van der Waals surface area contributed by atoms with Gasteiger partial charge in [0.05, 0.1) is 16.2 Å². The fourth-order valence-electron chi connectivity index (χ4n) is 5.45. The molecule has 0 atom stereocenters. The van der Waals surface area contributed by atoms with Gasteiger partial charge in [-0.05, 0) is 73.1 Å². The second-order valence-corrected chi connectivity index (χ2v) is 11.8. The highest BCUT2D eigenvalue weighted by atomic mass is 32.2. The molecular formula is C31H34N2O3S. The van der Waals surface area contributed by atoms with Gasteiger partial charge >= 0.3 is 0 Å². The lowest BCUT2D eigenvalue weighted by molar-refractivity contribution is 0.0284. The summed E-state index contributed by atoms with van der Waals surface area (Å²) in [6, 6.07) is 22.2. The maximum atomic E-state index is 14.0. The van der Waals surface area contributed by atoms with Gasteiger partial charge in [0, 0.05) is 17.2 Å². The molecule has 0 unspecified atom stereocenters. The number of nitrogens with zero attached hydrogens (tertiary/aromatic N) is 2. The lowest BCUT2D eigenvalue weighted by Gasteiger charge is -2.26. The molecule has 2 heterocycles. The molecule has 0 spiro atoms. The van der Waals surface area contributed by atoms with E-state index in [1.54, 1.807) is 30.5 Å². The van der Waals surface area contributed by atoms with Gasteiger partial charge in [-0.3, -0.25) is 0 Å². The molecule has 0 amide bonds. The molecule has 1 saturated carbocycles. The highest BCUT2D eigenvalue weighted by molar-refractivity contribution is 7.90. The number of fused-ring (bicyclic) bond motifs is 1. The topological polar surface area (TPSA) is 72.2 Å². The van der Waals surface area contributed by atoms with Gasteiger partial charge in [0.1, 0.15) is 0 Å². The van der Waals surface area contributed by atoms with Crippen molar-refractivity contribution in [2.75, 3.05) is 0 Å². The SMILES string of the molecule is CCC(O)(CC)c1ccc(C(=CC2CCCC2)c2cc3cccnc3n2S(=O)(=O)c2ccccc2)cc1. The van der Waals surface area contributed by atoms with E-state index in [9.17, 15) is 13.5 Å². The fourth-order valence-corrected chi connectivity index (χ4v) is 6.95. The molecule has 1 fully saturated rings. The van der Waals surface area contributed by atoms with Gasteiger partial charge in [0.15, 0.2) is 5.65 Å². The zero-order valence-electron chi connectivity index (χ0n) is 21.5. The second-order valence-electron chi connectivity index (χ2n) is 9.97. The molecule has 2 aromatic carbocycles. The van der Waals surface area contributed by atoms with Crippen LogP contribution in [0, 0.1) is 5.92 Å². The Kier molecular flexibility index (Phi) is 7.06. The molecule has 0 radical (unpaired) electrons. The molecule has 0 saturated heterocycles. The smallest absolute Gasteiger partial charge is 0.269 e. The Morgan fingerprint density at radius 1 is 1.00 bits per heavy atom. The van der Waals surface area contributed by atoms with Crippen LogP contribution in [0.4, 0.5) is 0 Å². The monoisotopic (exact) mass is 514 g/mol. The highest BCUT2D eigenvalue weighted by Crippen LogP contribution is 2.37. The number of allylic oxidation sites excluding steroid dienone is 1. The standard InChI is InChI=1S/C31H34N2O3S/c1-3-31(34,4-2)26-18-16-24(17-19-26)28(21-23-11-8-9-12-23)29-22-25-13-10-20-32-30(25)33(29)37(35,36)27-14-6-5-7-15-27/h5-7,10,13-23,34H,3-4,8-9,11-12H2,1-2H3. The molecule has 6 heteroatoms. The van der Waals surface area contributed by atoms with E-state index in [0.717, 1.165) is 34.9 Å². The van der Waals surface area contributed by atoms with Crippen LogP contribution in [-0.4, -0.2) is 22.5 Å². The summed E-state index contributed by atoms with van der Waals surface area (Å²) in [4.78, 5) is 4.72. The number of hydrogen-bond donors (Lipinski definition) is 1. The third kappa shape index (κ3) is 4.76. The van der Waals surface area contributed by atoms with Gasteiger partial charge in [0.25, 0.3) is 10.0 Å². The van der Waals surface area contributed by atoms with Gasteiger partial charge in [-0.1, -0.05) is 75.2 Å². The van der Waals surface area contributed by atoms with Crippen molar-refractivity contribution < 1.29 is 13.5 Å². The Labute approximate surface area is 219 Å². The second kappa shape index (κ2) is 10.3. The Morgan fingerprint density at radius 2 is 1.68 bits per heavy atom. The number of rotatable bonds is 8. The Morgan fingerprint density at radius 3 is 2.32 bits per heavy atom. The third-order valence-corrected chi connectivity index (χ3v) is 9.50. The van der Waals surface area contributed by atoms with E-state index in [1.165, 1.54) is 16.8 Å². The lowest BCUT2D eigenvalue weighted by Crippen LogP contribution is -2.23. The number of hydrogen-bond acceptors (Lipinski definition) is 4. The summed E-state index contributed by atoms with van der Waals surface area (Å²) in [7, 11) is -3.91. The summed E-state index contributed by atoms with van der Waals surface area (Å²) in [6.07, 6.45) is 9.69. The molecule has 5 nitrogen and oxygen atoms in total. The van der Waals surface area contributed by atoms with E-state index in [1.807, 2.05) is 62.4 Å². The van der Waals surface area contributed by atoms with E-state index in [0.29, 0.717) is 30.1 Å². The van der Waals surface area contributed by atoms with E-state index in [-0.39, 0.29) is 4.90 Å². The van der Waals surface area contributed by atoms with Crippen LogP contribution in [0.2, 0.25) is 0 Å². The average Bonchev–Trinajstić information content (AvgIpc) is 3.60. The van der Waals surface area contributed by atoms with Crippen molar-refractivity contribution in [3.05, 3.63) is 102 Å². The first kappa shape index (κ1) is 25.4. The van der Waals surface area contributed by atoms with Crippen LogP contribution in [0.15, 0.2) is 90.0 Å². The van der Waals surface area contributed by atoms with Gasteiger partial charge in [-0.15, -0.1) is 0 Å². The van der Waals surface area contributed by atoms with Crippen LogP contribution in [0.3, 0.4) is 0 Å². The molecule has 192 valence electrons. The van der Waals surface area contributed by atoms with Crippen molar-refractivity contribution in [2.24, 2.45) is 5.92 Å². The fraction of sp³-hybridized carbons (Fsp3) is 0.323. The third-order valence-electron chi connectivity index (χ3n) is 7.78. The first-order valence-corrected chi connectivity index (χ1v) is 14.6.